The van der Waals surface area contributed by atoms with E-state index in [0.29, 0.717) is 0 Å². The number of nitrogens with one attached hydrogen (secondary N) is 1. The summed E-state index contributed by atoms with van der Waals surface area (Å²) in [4.78, 5) is 15.5. The summed E-state index contributed by atoms with van der Waals surface area (Å²) in [5, 5.41) is 8.77. The molecule has 1 rings (SSSR count). The van der Waals surface area contributed by atoms with Crippen molar-refractivity contribution in [2.75, 3.05) is 14.1 Å². The van der Waals surface area contributed by atoms with Gasteiger partial charge < -0.3 is 15.0 Å². The zero-order chi connectivity index (χ0) is 10.0. The predicted octanol–water partition coefficient (Wildman–Crippen LogP) is 1.08. The van der Waals surface area contributed by atoms with Crippen LogP contribution in [-0.2, 0) is 6.54 Å². The zero-order valence-corrected chi connectivity index (χ0v) is 8.09. The summed E-state index contributed by atoms with van der Waals surface area (Å²) >= 11 is 0. The van der Waals surface area contributed by atoms with Crippen LogP contribution in [0.2, 0.25) is 0 Å². The van der Waals surface area contributed by atoms with Gasteiger partial charge in [-0.05, 0) is 32.6 Å². The lowest BCUT2D eigenvalue weighted by atomic mass is 10.2. The second-order valence-electron chi connectivity index (χ2n) is 3.40. The first-order valence-corrected chi connectivity index (χ1v) is 4.07. The van der Waals surface area contributed by atoms with Crippen LogP contribution in [0.4, 0.5) is 0 Å². The minimum Gasteiger partial charge on any atom is -0.477 e. The average molecular weight is 182 g/mol. The molecule has 0 saturated heterocycles. The molecular weight excluding hydrogens is 168 g/mol. The Morgan fingerprint density at radius 1 is 1.62 bits per heavy atom. The van der Waals surface area contributed by atoms with Gasteiger partial charge in [-0.1, -0.05) is 0 Å². The summed E-state index contributed by atoms with van der Waals surface area (Å²) in [7, 11) is 3.88. The van der Waals surface area contributed by atoms with E-state index in [1.54, 1.807) is 6.92 Å². The van der Waals surface area contributed by atoms with Crippen molar-refractivity contribution in [3.63, 3.8) is 0 Å². The Labute approximate surface area is 77.2 Å². The standard InChI is InChI=1S/C9H14N2O2/c1-6-4-7(5-11(2)3)10-8(6)9(12)13/h4,10H,5H2,1-3H3,(H,12,13). The number of carbonyl (C=O) groups is 1. The fourth-order valence-electron chi connectivity index (χ4n) is 1.28. The third kappa shape index (κ3) is 2.32. The maximum Gasteiger partial charge on any atom is 0.352 e. The fourth-order valence-corrected chi connectivity index (χ4v) is 1.28. The highest BCUT2D eigenvalue weighted by Crippen LogP contribution is 2.10. The molecule has 1 heterocycles. The van der Waals surface area contributed by atoms with Gasteiger partial charge in [-0.3, -0.25) is 0 Å². The van der Waals surface area contributed by atoms with E-state index < -0.39 is 5.97 Å². The molecule has 1 aromatic rings. The zero-order valence-electron chi connectivity index (χ0n) is 8.09. The lowest BCUT2D eigenvalue weighted by Gasteiger charge is -2.06. The summed E-state index contributed by atoms with van der Waals surface area (Å²) in [6, 6.07) is 1.86. The predicted molar refractivity (Wildman–Crippen MR) is 49.9 cm³/mol. The number of hydrogen-bond donors (Lipinski definition) is 2. The molecule has 0 unspecified atom stereocenters. The van der Waals surface area contributed by atoms with Gasteiger partial charge in [0.2, 0.25) is 0 Å². The number of aryl methyl sites for hydroxylation is 1. The van der Waals surface area contributed by atoms with Crippen molar-refractivity contribution in [1.29, 1.82) is 0 Å². The first-order chi connectivity index (χ1) is 6.00. The third-order valence-corrected chi connectivity index (χ3v) is 1.77. The van der Waals surface area contributed by atoms with E-state index in [2.05, 4.69) is 4.98 Å². The Bertz CT molecular complexity index is 315. The maximum atomic E-state index is 10.7. The smallest absolute Gasteiger partial charge is 0.352 e. The Balaban J connectivity index is 2.89. The minimum atomic E-state index is -0.900. The van der Waals surface area contributed by atoms with Crippen LogP contribution in [0.1, 0.15) is 21.7 Å². The van der Waals surface area contributed by atoms with Crippen LogP contribution in [0.15, 0.2) is 6.07 Å². The summed E-state index contributed by atoms with van der Waals surface area (Å²) < 4.78 is 0. The van der Waals surface area contributed by atoms with Gasteiger partial charge in [0.05, 0.1) is 0 Å². The van der Waals surface area contributed by atoms with Gasteiger partial charge in [0.25, 0.3) is 0 Å². The number of rotatable bonds is 3. The highest BCUT2D eigenvalue weighted by molar-refractivity contribution is 5.87. The van der Waals surface area contributed by atoms with Crippen molar-refractivity contribution < 1.29 is 9.90 Å². The van der Waals surface area contributed by atoms with Crippen LogP contribution >= 0.6 is 0 Å². The molecule has 0 amide bonds. The molecule has 0 aromatic carbocycles. The molecule has 4 nitrogen and oxygen atoms in total. The molecule has 1 aromatic heterocycles. The lowest BCUT2D eigenvalue weighted by molar-refractivity contribution is 0.0690. The van der Waals surface area contributed by atoms with Gasteiger partial charge in [-0.15, -0.1) is 0 Å². The Hall–Kier alpha value is -1.29. The van der Waals surface area contributed by atoms with Crippen LogP contribution in [-0.4, -0.2) is 35.1 Å². The molecule has 0 aliphatic carbocycles. The minimum absolute atomic E-state index is 0.289. The number of carboxylic acid groups (broad SMARTS) is 1. The average Bonchev–Trinajstić information content (AvgIpc) is 2.29. The molecule has 0 radical (unpaired) electrons. The normalized spacial score (nSPS) is 10.8. The topological polar surface area (TPSA) is 56.3 Å². The highest BCUT2D eigenvalue weighted by atomic mass is 16.4. The van der Waals surface area contributed by atoms with E-state index in [0.717, 1.165) is 17.8 Å². The van der Waals surface area contributed by atoms with Crippen molar-refractivity contribution in [3.8, 4) is 0 Å². The molecule has 0 saturated carbocycles. The summed E-state index contributed by atoms with van der Waals surface area (Å²) in [5.41, 5.74) is 2.00. The molecule has 13 heavy (non-hydrogen) atoms. The van der Waals surface area contributed by atoms with Crippen molar-refractivity contribution in [3.05, 3.63) is 23.0 Å². The van der Waals surface area contributed by atoms with Gasteiger partial charge in [0, 0.05) is 12.2 Å². The van der Waals surface area contributed by atoms with Crippen molar-refractivity contribution in [1.82, 2.24) is 9.88 Å². The molecule has 0 aliphatic heterocycles. The summed E-state index contributed by atoms with van der Waals surface area (Å²) in [6.07, 6.45) is 0. The van der Waals surface area contributed by atoms with E-state index in [4.69, 9.17) is 5.11 Å². The Kier molecular flexibility index (Phi) is 2.72. The van der Waals surface area contributed by atoms with E-state index in [1.807, 2.05) is 25.1 Å². The van der Waals surface area contributed by atoms with E-state index >= 15 is 0 Å². The number of nitrogens with zero attached hydrogens (tertiary/aromatic N) is 1. The number of carboxylic acids is 1. The van der Waals surface area contributed by atoms with Crippen molar-refractivity contribution in [2.24, 2.45) is 0 Å². The molecule has 2 N–H and O–H groups in total. The maximum absolute atomic E-state index is 10.7. The van der Waals surface area contributed by atoms with Gasteiger partial charge in [0.15, 0.2) is 0 Å². The van der Waals surface area contributed by atoms with Gasteiger partial charge in [0.1, 0.15) is 5.69 Å². The van der Waals surface area contributed by atoms with Crippen LogP contribution in [0.5, 0.6) is 0 Å². The SMILES string of the molecule is Cc1cc(CN(C)C)[nH]c1C(=O)O. The summed E-state index contributed by atoms with van der Waals surface area (Å²) in [6.45, 7) is 2.52. The monoisotopic (exact) mass is 182 g/mol. The number of aromatic amines is 1. The second-order valence-corrected chi connectivity index (χ2v) is 3.40. The summed E-state index contributed by atoms with van der Waals surface area (Å²) in [5.74, 6) is -0.900. The number of H-pyrrole nitrogens is 1. The molecule has 0 fully saturated rings. The Morgan fingerprint density at radius 2 is 2.23 bits per heavy atom. The molecule has 0 bridgehead atoms. The number of aromatic carboxylic acids is 1. The van der Waals surface area contributed by atoms with E-state index in [-0.39, 0.29) is 5.69 Å². The molecule has 4 heteroatoms. The van der Waals surface area contributed by atoms with Crippen molar-refractivity contribution in [2.45, 2.75) is 13.5 Å². The number of aromatic nitrogens is 1. The Morgan fingerprint density at radius 3 is 2.62 bits per heavy atom. The molecule has 72 valence electrons. The van der Waals surface area contributed by atoms with Crippen molar-refractivity contribution >= 4 is 5.97 Å². The van der Waals surface area contributed by atoms with Crippen LogP contribution in [0, 0.1) is 6.92 Å². The lowest BCUT2D eigenvalue weighted by Crippen LogP contribution is -2.11. The fraction of sp³-hybridized carbons (Fsp3) is 0.444. The second kappa shape index (κ2) is 3.62. The van der Waals surface area contributed by atoms with Gasteiger partial charge in [-0.25, -0.2) is 4.79 Å². The largest absolute Gasteiger partial charge is 0.477 e. The molecule has 0 atom stereocenters. The molecule has 0 spiro atoms. The van der Waals surface area contributed by atoms with Crippen LogP contribution in [0.25, 0.3) is 0 Å². The first kappa shape index (κ1) is 9.80. The van der Waals surface area contributed by atoms with Crippen LogP contribution < -0.4 is 0 Å². The van der Waals surface area contributed by atoms with Crippen LogP contribution in [0.3, 0.4) is 0 Å². The van der Waals surface area contributed by atoms with E-state index in [1.165, 1.54) is 0 Å². The first-order valence-electron chi connectivity index (χ1n) is 4.07. The van der Waals surface area contributed by atoms with Gasteiger partial charge in [-0.2, -0.15) is 0 Å². The molecular formula is C9H14N2O2. The number of hydrogen-bond acceptors (Lipinski definition) is 2. The quantitative estimate of drug-likeness (QED) is 0.735. The van der Waals surface area contributed by atoms with E-state index in [9.17, 15) is 4.79 Å². The highest BCUT2D eigenvalue weighted by Gasteiger charge is 2.10. The van der Waals surface area contributed by atoms with Gasteiger partial charge >= 0.3 is 5.97 Å². The third-order valence-electron chi connectivity index (χ3n) is 1.77. The molecule has 0 aliphatic rings.